The zero-order valence-corrected chi connectivity index (χ0v) is 7.78. The van der Waals surface area contributed by atoms with Gasteiger partial charge in [0.05, 0.1) is 0 Å². The van der Waals surface area contributed by atoms with Crippen LogP contribution in [-0.4, -0.2) is 10.2 Å². The van der Waals surface area contributed by atoms with Crippen molar-refractivity contribution < 1.29 is 4.39 Å². The molecule has 0 amide bonds. The van der Waals surface area contributed by atoms with Crippen LogP contribution in [0.5, 0.6) is 0 Å². The fourth-order valence-electron chi connectivity index (χ4n) is 1.22. The molecule has 0 unspecified atom stereocenters. The van der Waals surface area contributed by atoms with Crippen molar-refractivity contribution >= 4 is 29.0 Å². The first-order chi connectivity index (χ1) is 5.68. The van der Waals surface area contributed by atoms with Crippen molar-refractivity contribution in [2.75, 3.05) is 5.73 Å². The largest absolute Gasteiger partial charge is 0.399 e. The molecule has 13 heavy (non-hydrogen) atoms. The number of nitrogens with one attached hydrogen (secondary N) is 1. The zero-order valence-electron chi connectivity index (χ0n) is 6.97. The molecule has 1 aromatic carbocycles. The van der Waals surface area contributed by atoms with Crippen molar-refractivity contribution in [3.8, 4) is 0 Å². The van der Waals surface area contributed by atoms with E-state index in [0.29, 0.717) is 11.2 Å². The molecule has 1 aromatic heterocycles. The molecule has 0 aliphatic carbocycles. The van der Waals surface area contributed by atoms with E-state index in [-0.39, 0.29) is 18.2 Å². The van der Waals surface area contributed by atoms with Gasteiger partial charge in [0.1, 0.15) is 5.52 Å². The number of halogens is 2. The van der Waals surface area contributed by atoms with Crippen LogP contribution in [0.4, 0.5) is 10.1 Å². The third-order valence-corrected chi connectivity index (χ3v) is 1.83. The van der Waals surface area contributed by atoms with Crippen LogP contribution in [0.15, 0.2) is 12.1 Å². The third-order valence-electron chi connectivity index (χ3n) is 1.83. The summed E-state index contributed by atoms with van der Waals surface area (Å²) in [6.45, 7) is 1.83. The number of rotatable bonds is 0. The Hall–Kier alpha value is -1.29. The summed E-state index contributed by atoms with van der Waals surface area (Å²) >= 11 is 0. The molecule has 1 heterocycles. The Labute approximate surface area is 80.5 Å². The second kappa shape index (κ2) is 3.22. The number of H-pyrrole nitrogens is 1. The molecule has 0 atom stereocenters. The van der Waals surface area contributed by atoms with Gasteiger partial charge in [-0.25, -0.2) is 4.39 Å². The number of aromatic amines is 1. The van der Waals surface area contributed by atoms with E-state index < -0.39 is 0 Å². The van der Waals surface area contributed by atoms with E-state index in [4.69, 9.17) is 5.73 Å². The van der Waals surface area contributed by atoms with Crippen LogP contribution in [0.3, 0.4) is 0 Å². The van der Waals surface area contributed by atoms with Gasteiger partial charge < -0.3 is 5.73 Å². The van der Waals surface area contributed by atoms with Crippen LogP contribution in [0.25, 0.3) is 10.9 Å². The molecule has 5 heteroatoms. The molecule has 0 aliphatic rings. The van der Waals surface area contributed by atoms with Crippen molar-refractivity contribution in [1.29, 1.82) is 0 Å². The molecule has 0 fully saturated rings. The first-order valence-corrected chi connectivity index (χ1v) is 3.58. The van der Waals surface area contributed by atoms with Gasteiger partial charge in [0.2, 0.25) is 0 Å². The van der Waals surface area contributed by atoms with E-state index in [0.717, 1.165) is 11.1 Å². The van der Waals surface area contributed by atoms with Gasteiger partial charge in [-0.05, 0) is 19.1 Å². The van der Waals surface area contributed by atoms with E-state index in [1.165, 1.54) is 6.07 Å². The Morgan fingerprint density at radius 3 is 2.85 bits per heavy atom. The average Bonchev–Trinajstić information content (AvgIpc) is 2.33. The summed E-state index contributed by atoms with van der Waals surface area (Å²) in [6.07, 6.45) is 0. The predicted octanol–water partition coefficient (Wildman–Crippen LogP) is 2.01. The SMILES string of the molecule is Cc1[nH]nc2c(F)cc(N)cc12.Cl. The number of hydrogen-bond donors (Lipinski definition) is 2. The molecule has 2 rings (SSSR count). The minimum absolute atomic E-state index is 0. The Kier molecular flexibility index (Phi) is 2.43. The molecule has 0 bridgehead atoms. The van der Waals surface area contributed by atoms with E-state index in [2.05, 4.69) is 10.2 Å². The molecule has 3 nitrogen and oxygen atoms in total. The van der Waals surface area contributed by atoms with Gasteiger partial charge in [-0.15, -0.1) is 12.4 Å². The number of hydrogen-bond acceptors (Lipinski definition) is 2. The summed E-state index contributed by atoms with van der Waals surface area (Å²) < 4.78 is 13.1. The molecule has 2 aromatic rings. The highest BCUT2D eigenvalue weighted by molar-refractivity contribution is 5.85. The van der Waals surface area contributed by atoms with E-state index in [9.17, 15) is 4.39 Å². The van der Waals surface area contributed by atoms with Gasteiger partial charge >= 0.3 is 0 Å². The summed E-state index contributed by atoms with van der Waals surface area (Å²) in [6, 6.07) is 2.97. The van der Waals surface area contributed by atoms with Crippen molar-refractivity contribution in [3.63, 3.8) is 0 Å². The maximum atomic E-state index is 13.1. The van der Waals surface area contributed by atoms with Crippen molar-refractivity contribution in [2.45, 2.75) is 6.92 Å². The Bertz CT molecular complexity index is 438. The van der Waals surface area contributed by atoms with Gasteiger partial charge in [-0.2, -0.15) is 5.10 Å². The Balaban J connectivity index is 0.000000845. The molecular formula is C8H9ClFN3. The van der Waals surface area contributed by atoms with E-state index in [1.807, 2.05) is 6.92 Å². The topological polar surface area (TPSA) is 54.7 Å². The Morgan fingerprint density at radius 1 is 1.46 bits per heavy atom. The quantitative estimate of drug-likeness (QED) is 0.641. The lowest BCUT2D eigenvalue weighted by atomic mass is 10.2. The minimum atomic E-state index is -0.380. The Morgan fingerprint density at radius 2 is 2.15 bits per heavy atom. The van der Waals surface area contributed by atoms with Gasteiger partial charge in [-0.3, -0.25) is 5.10 Å². The van der Waals surface area contributed by atoms with E-state index in [1.54, 1.807) is 6.07 Å². The minimum Gasteiger partial charge on any atom is -0.399 e. The molecule has 0 saturated carbocycles. The van der Waals surface area contributed by atoms with Crippen molar-refractivity contribution in [2.24, 2.45) is 0 Å². The molecule has 0 radical (unpaired) electrons. The summed E-state index contributed by atoms with van der Waals surface area (Å²) in [4.78, 5) is 0. The maximum absolute atomic E-state index is 13.1. The number of aromatic nitrogens is 2. The molecule has 70 valence electrons. The van der Waals surface area contributed by atoms with Crippen LogP contribution in [0, 0.1) is 12.7 Å². The highest BCUT2D eigenvalue weighted by atomic mass is 35.5. The van der Waals surface area contributed by atoms with Gasteiger partial charge in [0, 0.05) is 16.8 Å². The van der Waals surface area contributed by atoms with Gasteiger partial charge in [0.25, 0.3) is 0 Å². The van der Waals surface area contributed by atoms with Crippen molar-refractivity contribution in [1.82, 2.24) is 10.2 Å². The average molecular weight is 202 g/mol. The number of benzene rings is 1. The first-order valence-electron chi connectivity index (χ1n) is 3.58. The van der Waals surface area contributed by atoms with Gasteiger partial charge in [-0.1, -0.05) is 0 Å². The number of nitrogen functional groups attached to an aromatic ring is 1. The number of anilines is 1. The zero-order chi connectivity index (χ0) is 8.72. The maximum Gasteiger partial charge on any atom is 0.153 e. The monoisotopic (exact) mass is 201 g/mol. The van der Waals surface area contributed by atoms with Crippen molar-refractivity contribution in [3.05, 3.63) is 23.6 Å². The van der Waals surface area contributed by atoms with E-state index >= 15 is 0 Å². The summed E-state index contributed by atoms with van der Waals surface area (Å²) in [7, 11) is 0. The second-order valence-electron chi connectivity index (χ2n) is 2.75. The smallest absolute Gasteiger partial charge is 0.153 e. The molecular weight excluding hydrogens is 193 g/mol. The molecule has 0 saturated heterocycles. The molecule has 0 aliphatic heterocycles. The second-order valence-corrected chi connectivity index (χ2v) is 2.75. The van der Waals surface area contributed by atoms with Crippen LogP contribution >= 0.6 is 12.4 Å². The highest BCUT2D eigenvalue weighted by Crippen LogP contribution is 2.21. The number of nitrogens with zero attached hydrogens (tertiary/aromatic N) is 1. The predicted molar refractivity (Wildman–Crippen MR) is 52.4 cm³/mol. The molecule has 0 spiro atoms. The summed E-state index contributed by atoms with van der Waals surface area (Å²) in [5, 5.41) is 7.25. The lowest BCUT2D eigenvalue weighted by Gasteiger charge is -1.94. The number of fused-ring (bicyclic) bond motifs is 1. The van der Waals surface area contributed by atoms with Crippen LogP contribution in [-0.2, 0) is 0 Å². The standard InChI is InChI=1S/C8H8FN3.ClH/c1-4-6-2-5(10)3-7(9)8(6)12-11-4;/h2-3H,10H2,1H3,(H,11,12);1H. The fraction of sp³-hybridized carbons (Fsp3) is 0.125. The summed E-state index contributed by atoms with van der Waals surface area (Å²) in [5.74, 6) is -0.380. The lowest BCUT2D eigenvalue weighted by Crippen LogP contribution is -1.86. The van der Waals surface area contributed by atoms with Crippen LogP contribution in [0.2, 0.25) is 0 Å². The highest BCUT2D eigenvalue weighted by Gasteiger charge is 2.06. The normalized spacial score (nSPS) is 10.0. The lowest BCUT2D eigenvalue weighted by molar-refractivity contribution is 0.637. The van der Waals surface area contributed by atoms with Crippen LogP contribution in [0.1, 0.15) is 5.69 Å². The van der Waals surface area contributed by atoms with Gasteiger partial charge in [0.15, 0.2) is 5.82 Å². The fourth-order valence-corrected chi connectivity index (χ4v) is 1.22. The number of nitrogens with two attached hydrogens (primary N) is 1. The molecule has 3 N–H and O–H groups in total. The first kappa shape index (κ1) is 9.80. The van der Waals surface area contributed by atoms with Crippen LogP contribution < -0.4 is 5.73 Å². The summed E-state index contributed by atoms with van der Waals surface area (Å²) in [5.41, 5.74) is 7.07. The third kappa shape index (κ3) is 1.45. The number of aryl methyl sites for hydroxylation is 1.